The Balaban J connectivity index is 1.92. The van der Waals surface area contributed by atoms with Crippen LogP contribution in [0, 0.1) is 0 Å². The average molecular weight is 430 g/mol. The number of hydrogen-bond donors (Lipinski definition) is 0. The van der Waals surface area contributed by atoms with Crippen LogP contribution in [0.4, 0.5) is 0 Å². The largest absolute Gasteiger partial charge is 0.647 e. The van der Waals surface area contributed by atoms with E-state index in [0.29, 0.717) is 15.1 Å². The first-order valence-corrected chi connectivity index (χ1v) is 9.97. The van der Waals surface area contributed by atoms with Crippen LogP contribution < -0.4 is 13.6 Å². The van der Waals surface area contributed by atoms with Crippen LogP contribution in [0.5, 0.6) is 17.2 Å². The summed E-state index contributed by atoms with van der Waals surface area (Å²) in [5, 5.41) is 1.25. The molecule has 0 saturated heterocycles. The summed E-state index contributed by atoms with van der Waals surface area (Å²) in [6, 6.07) is 19.2. The van der Waals surface area contributed by atoms with Gasteiger partial charge in [0, 0.05) is 15.1 Å². The fourth-order valence-electron chi connectivity index (χ4n) is 2.01. The zero-order chi connectivity index (χ0) is 18.6. The number of rotatable bonds is 6. The first-order valence-electron chi connectivity index (χ1n) is 7.37. The number of benzene rings is 3. The van der Waals surface area contributed by atoms with E-state index in [1.165, 1.54) is 18.2 Å². The maximum Gasteiger partial charge on any atom is 0.647 e. The van der Waals surface area contributed by atoms with Crippen LogP contribution >= 0.6 is 42.6 Å². The van der Waals surface area contributed by atoms with Crippen molar-refractivity contribution >= 4 is 42.6 Å². The van der Waals surface area contributed by atoms with Gasteiger partial charge < -0.3 is 13.6 Å². The molecule has 0 aliphatic heterocycles. The van der Waals surface area contributed by atoms with Crippen molar-refractivity contribution in [1.29, 1.82) is 0 Å². The third-order valence-corrected chi connectivity index (χ3v) is 5.05. The second-order valence-electron chi connectivity index (χ2n) is 5.09. The fourth-order valence-corrected chi connectivity index (χ4v) is 3.78. The van der Waals surface area contributed by atoms with Gasteiger partial charge >= 0.3 is 7.82 Å². The minimum atomic E-state index is -4.12. The van der Waals surface area contributed by atoms with Crippen molar-refractivity contribution in [3.63, 3.8) is 0 Å². The molecule has 3 rings (SSSR count). The van der Waals surface area contributed by atoms with Crippen LogP contribution in [0.1, 0.15) is 0 Å². The van der Waals surface area contributed by atoms with E-state index in [4.69, 9.17) is 48.4 Å². The van der Waals surface area contributed by atoms with Crippen LogP contribution in [-0.2, 0) is 4.57 Å². The van der Waals surface area contributed by atoms with Gasteiger partial charge in [0.25, 0.3) is 0 Å². The molecule has 0 spiro atoms. The molecule has 134 valence electrons. The summed E-state index contributed by atoms with van der Waals surface area (Å²) >= 11 is 17.8. The Morgan fingerprint density at radius 2 is 0.885 bits per heavy atom. The van der Waals surface area contributed by atoms with E-state index in [0.717, 1.165) is 0 Å². The maximum absolute atomic E-state index is 13.3. The Kier molecular flexibility index (Phi) is 6.00. The topological polar surface area (TPSA) is 44.8 Å². The molecule has 0 aliphatic carbocycles. The lowest BCUT2D eigenvalue weighted by Gasteiger charge is -2.19. The summed E-state index contributed by atoms with van der Waals surface area (Å²) in [4.78, 5) is 0. The molecule has 0 atom stereocenters. The van der Waals surface area contributed by atoms with Gasteiger partial charge in [-0.25, -0.2) is 0 Å². The highest BCUT2D eigenvalue weighted by Gasteiger charge is 2.33. The van der Waals surface area contributed by atoms with Gasteiger partial charge in [-0.3, -0.25) is 0 Å². The summed E-state index contributed by atoms with van der Waals surface area (Å²) < 4.78 is 29.8. The summed E-state index contributed by atoms with van der Waals surface area (Å²) in [5.41, 5.74) is 0. The molecule has 3 aromatic rings. The van der Waals surface area contributed by atoms with E-state index >= 15 is 0 Å². The van der Waals surface area contributed by atoms with Gasteiger partial charge in [-0.2, -0.15) is 4.57 Å². The highest BCUT2D eigenvalue weighted by molar-refractivity contribution is 7.49. The highest BCUT2D eigenvalue weighted by Crippen LogP contribution is 2.50. The van der Waals surface area contributed by atoms with Crippen molar-refractivity contribution < 1.29 is 18.1 Å². The van der Waals surface area contributed by atoms with Crippen molar-refractivity contribution in [2.45, 2.75) is 0 Å². The smallest absolute Gasteiger partial charge is 0.386 e. The fraction of sp³-hybridized carbons (Fsp3) is 0. The molecular formula is C18H12Cl3O4P. The zero-order valence-corrected chi connectivity index (χ0v) is 16.3. The Labute approximate surface area is 165 Å². The minimum absolute atomic E-state index is 0.227. The lowest BCUT2D eigenvalue weighted by molar-refractivity contribution is 0.298. The SMILES string of the molecule is O=P(Oc1cccc(Cl)c1)(Oc1cccc(Cl)c1)Oc1cccc(Cl)c1. The molecule has 0 bridgehead atoms. The quantitative estimate of drug-likeness (QED) is 0.386. The van der Waals surface area contributed by atoms with Gasteiger partial charge in [-0.1, -0.05) is 53.0 Å². The maximum atomic E-state index is 13.3. The van der Waals surface area contributed by atoms with Crippen LogP contribution in [-0.4, -0.2) is 0 Å². The predicted octanol–water partition coefficient (Wildman–Crippen LogP) is 7.29. The first kappa shape index (κ1) is 18.9. The van der Waals surface area contributed by atoms with Gasteiger partial charge in [0.1, 0.15) is 17.2 Å². The minimum Gasteiger partial charge on any atom is -0.386 e. The van der Waals surface area contributed by atoms with Crippen molar-refractivity contribution in [1.82, 2.24) is 0 Å². The molecule has 0 radical (unpaired) electrons. The van der Waals surface area contributed by atoms with Crippen molar-refractivity contribution in [2.75, 3.05) is 0 Å². The molecule has 0 unspecified atom stereocenters. The molecule has 0 aliphatic rings. The van der Waals surface area contributed by atoms with Gasteiger partial charge in [-0.15, -0.1) is 0 Å². The highest BCUT2D eigenvalue weighted by atomic mass is 35.5. The third kappa shape index (κ3) is 5.33. The molecule has 3 aromatic carbocycles. The van der Waals surface area contributed by atoms with Crippen molar-refractivity contribution in [3.8, 4) is 17.2 Å². The molecule has 8 heteroatoms. The molecule has 4 nitrogen and oxygen atoms in total. The summed E-state index contributed by atoms with van der Waals surface area (Å²) in [5.74, 6) is 0.680. The van der Waals surface area contributed by atoms with Crippen molar-refractivity contribution in [3.05, 3.63) is 87.9 Å². The lowest BCUT2D eigenvalue weighted by atomic mass is 10.3. The van der Waals surface area contributed by atoms with E-state index in [2.05, 4.69) is 0 Å². The van der Waals surface area contributed by atoms with E-state index in [1.807, 2.05) is 0 Å². The monoisotopic (exact) mass is 428 g/mol. The molecule has 0 heterocycles. The lowest BCUT2D eigenvalue weighted by Crippen LogP contribution is -2.07. The molecule has 0 N–H and O–H groups in total. The summed E-state index contributed by atoms with van der Waals surface area (Å²) in [6.07, 6.45) is 0. The number of hydrogen-bond acceptors (Lipinski definition) is 4. The number of halogens is 3. The molecule has 0 fully saturated rings. The number of phosphoric acid groups is 1. The zero-order valence-electron chi connectivity index (χ0n) is 13.1. The van der Waals surface area contributed by atoms with E-state index in [-0.39, 0.29) is 17.2 Å². The molecule has 26 heavy (non-hydrogen) atoms. The standard InChI is InChI=1S/C18H12Cl3O4P/c19-13-4-1-7-16(10-13)23-26(22,24-17-8-2-5-14(20)11-17)25-18-9-3-6-15(21)12-18/h1-12H. The van der Waals surface area contributed by atoms with Gasteiger partial charge in [-0.05, 0) is 54.6 Å². The second kappa shape index (κ2) is 8.24. The Bertz CT molecular complexity index is 842. The van der Waals surface area contributed by atoms with Crippen molar-refractivity contribution in [2.24, 2.45) is 0 Å². The Hall–Kier alpha value is -1.84. The van der Waals surface area contributed by atoms with Gasteiger partial charge in [0.15, 0.2) is 0 Å². The molecule has 0 amide bonds. The van der Waals surface area contributed by atoms with E-state index in [9.17, 15) is 4.57 Å². The predicted molar refractivity (Wildman–Crippen MR) is 104 cm³/mol. The summed E-state index contributed by atoms with van der Waals surface area (Å²) in [7, 11) is -4.12. The third-order valence-electron chi connectivity index (χ3n) is 3.04. The van der Waals surface area contributed by atoms with Gasteiger partial charge in [0.05, 0.1) is 0 Å². The Morgan fingerprint density at radius 1 is 0.577 bits per heavy atom. The second-order valence-corrected chi connectivity index (χ2v) is 7.84. The van der Waals surface area contributed by atoms with Gasteiger partial charge in [0.2, 0.25) is 0 Å². The van der Waals surface area contributed by atoms with Crippen LogP contribution in [0.3, 0.4) is 0 Å². The Morgan fingerprint density at radius 3 is 1.15 bits per heavy atom. The number of phosphoric ester groups is 1. The normalized spacial score (nSPS) is 11.0. The van der Waals surface area contributed by atoms with Crippen LogP contribution in [0.15, 0.2) is 72.8 Å². The van der Waals surface area contributed by atoms with E-state index < -0.39 is 7.82 Å². The average Bonchev–Trinajstić information content (AvgIpc) is 2.54. The van der Waals surface area contributed by atoms with Crippen LogP contribution in [0.25, 0.3) is 0 Å². The molecule has 0 aromatic heterocycles. The van der Waals surface area contributed by atoms with E-state index in [1.54, 1.807) is 54.6 Å². The first-order chi connectivity index (χ1) is 12.4. The molecular weight excluding hydrogens is 418 g/mol. The summed E-state index contributed by atoms with van der Waals surface area (Å²) in [6.45, 7) is 0. The molecule has 0 saturated carbocycles. The van der Waals surface area contributed by atoms with Crippen LogP contribution in [0.2, 0.25) is 15.1 Å².